The van der Waals surface area contributed by atoms with Crippen molar-refractivity contribution in [3.63, 3.8) is 0 Å². The summed E-state index contributed by atoms with van der Waals surface area (Å²) in [5.74, 6) is -1.71. The van der Waals surface area contributed by atoms with Gasteiger partial charge in [-0.15, -0.1) is 0 Å². The number of hydrogen-bond acceptors (Lipinski definition) is 6. The molecule has 0 saturated heterocycles. The van der Waals surface area contributed by atoms with Crippen molar-refractivity contribution in [3.05, 3.63) is 39.9 Å². The largest absolute Gasteiger partial charge is 0.469 e. The summed E-state index contributed by atoms with van der Waals surface area (Å²) < 4.78 is 10.2. The number of rotatable bonds is 5. The van der Waals surface area contributed by atoms with Gasteiger partial charge in [-0.2, -0.15) is 0 Å². The summed E-state index contributed by atoms with van der Waals surface area (Å²) in [4.78, 5) is 34.9. The Labute approximate surface area is 146 Å². The molecule has 1 fully saturated rings. The number of carbonyl (C=O) groups is 2. The molecule has 7 heteroatoms. The van der Waals surface area contributed by atoms with Gasteiger partial charge in [-0.25, -0.2) is 0 Å². The molecule has 0 bridgehead atoms. The number of nitrogens with zero attached hydrogens (tertiary/aromatic N) is 1. The van der Waals surface area contributed by atoms with Crippen LogP contribution >= 0.6 is 0 Å². The number of esters is 2. The number of ether oxygens (including phenoxy) is 2. The van der Waals surface area contributed by atoms with Crippen LogP contribution in [0.4, 0.5) is 5.69 Å². The third-order valence-electron chi connectivity index (χ3n) is 4.28. The zero-order valence-corrected chi connectivity index (χ0v) is 14.9. The van der Waals surface area contributed by atoms with Crippen molar-refractivity contribution < 1.29 is 24.0 Å². The lowest BCUT2D eigenvalue weighted by Crippen LogP contribution is -2.39. The fourth-order valence-corrected chi connectivity index (χ4v) is 3.09. The highest BCUT2D eigenvalue weighted by atomic mass is 16.6. The van der Waals surface area contributed by atoms with E-state index in [1.165, 1.54) is 19.2 Å². The van der Waals surface area contributed by atoms with Crippen molar-refractivity contribution >= 4 is 17.6 Å². The topological polar surface area (TPSA) is 95.7 Å². The number of non-ortho nitro benzene ring substituents is 1. The molecule has 1 aromatic rings. The first-order chi connectivity index (χ1) is 11.6. The Morgan fingerprint density at radius 2 is 1.92 bits per heavy atom. The summed E-state index contributed by atoms with van der Waals surface area (Å²) in [5, 5.41) is 11.0. The van der Waals surface area contributed by atoms with Crippen molar-refractivity contribution in [1.29, 1.82) is 0 Å². The van der Waals surface area contributed by atoms with E-state index in [9.17, 15) is 19.7 Å². The minimum Gasteiger partial charge on any atom is -0.469 e. The second-order valence-corrected chi connectivity index (χ2v) is 7.31. The molecule has 0 aromatic heterocycles. The third kappa shape index (κ3) is 4.55. The summed E-state index contributed by atoms with van der Waals surface area (Å²) in [7, 11) is 1.33. The third-order valence-corrected chi connectivity index (χ3v) is 4.28. The van der Waals surface area contributed by atoms with Crippen molar-refractivity contribution in [1.82, 2.24) is 0 Å². The first-order valence-corrected chi connectivity index (χ1v) is 8.17. The number of benzene rings is 1. The molecule has 2 rings (SSSR count). The number of nitro benzene ring substituents is 1. The van der Waals surface area contributed by atoms with E-state index in [2.05, 4.69) is 0 Å². The van der Waals surface area contributed by atoms with Gasteiger partial charge in [0.05, 0.1) is 23.9 Å². The lowest BCUT2D eigenvalue weighted by molar-refractivity contribution is -0.384. The van der Waals surface area contributed by atoms with Gasteiger partial charge in [-0.05, 0) is 45.1 Å². The van der Waals surface area contributed by atoms with Crippen LogP contribution in [-0.2, 0) is 19.1 Å². The highest BCUT2D eigenvalue weighted by Crippen LogP contribution is 2.45. The number of carbonyl (C=O) groups excluding carboxylic acids is 2. The van der Waals surface area contributed by atoms with Crippen LogP contribution in [0.1, 0.15) is 45.1 Å². The molecule has 0 heterocycles. The molecular weight excluding hydrogens is 326 g/mol. The van der Waals surface area contributed by atoms with E-state index in [4.69, 9.17) is 9.47 Å². The molecule has 7 nitrogen and oxygen atoms in total. The van der Waals surface area contributed by atoms with E-state index in [0.29, 0.717) is 18.4 Å². The highest BCUT2D eigenvalue weighted by molar-refractivity contribution is 5.80. The maximum absolute atomic E-state index is 12.7. The first-order valence-electron chi connectivity index (χ1n) is 8.17. The minimum atomic E-state index is -0.665. The molecule has 136 valence electrons. The van der Waals surface area contributed by atoms with Gasteiger partial charge in [0.1, 0.15) is 5.60 Å². The zero-order chi connectivity index (χ0) is 18.8. The van der Waals surface area contributed by atoms with E-state index < -0.39 is 22.4 Å². The first kappa shape index (κ1) is 18.9. The molecule has 1 aromatic carbocycles. The number of hydrogen-bond donors (Lipinski definition) is 0. The molecule has 1 saturated carbocycles. The van der Waals surface area contributed by atoms with Gasteiger partial charge in [-0.1, -0.05) is 12.1 Å². The smallest absolute Gasteiger partial charge is 0.314 e. The van der Waals surface area contributed by atoms with Crippen molar-refractivity contribution in [3.8, 4) is 0 Å². The summed E-state index contributed by atoms with van der Waals surface area (Å²) >= 11 is 0. The summed E-state index contributed by atoms with van der Waals surface area (Å²) in [6, 6.07) is 6.03. The molecular formula is C18H23NO6. The van der Waals surface area contributed by atoms with Gasteiger partial charge in [0.25, 0.3) is 5.69 Å². The van der Waals surface area contributed by atoms with Gasteiger partial charge in [0, 0.05) is 12.1 Å². The molecule has 1 unspecified atom stereocenters. The zero-order valence-electron chi connectivity index (χ0n) is 14.9. The van der Waals surface area contributed by atoms with E-state index in [-0.39, 0.29) is 23.5 Å². The van der Waals surface area contributed by atoms with Gasteiger partial charge in [0.2, 0.25) is 0 Å². The van der Waals surface area contributed by atoms with Crippen LogP contribution in [0, 0.1) is 22.0 Å². The summed E-state index contributed by atoms with van der Waals surface area (Å²) in [6.45, 7) is 5.31. The van der Waals surface area contributed by atoms with Crippen molar-refractivity contribution in [2.45, 2.75) is 45.1 Å². The molecule has 0 radical (unpaired) electrons. The second-order valence-electron chi connectivity index (χ2n) is 7.31. The fraction of sp³-hybridized carbons (Fsp3) is 0.556. The fourth-order valence-electron chi connectivity index (χ4n) is 3.09. The Balaban J connectivity index is 2.27. The molecule has 25 heavy (non-hydrogen) atoms. The Morgan fingerprint density at radius 1 is 1.28 bits per heavy atom. The lowest BCUT2D eigenvalue weighted by atomic mass is 9.66. The quantitative estimate of drug-likeness (QED) is 0.460. The standard InChI is InChI=1S/C18H23NO6/c1-18(2,3)25-17(21)15(12-8-13(9-12)16(20)24-4)11-6-5-7-14(10-11)19(22)23/h5-7,10,12-13,15H,8-9H2,1-4H3. The van der Waals surface area contributed by atoms with Gasteiger partial charge < -0.3 is 9.47 Å². The average molecular weight is 349 g/mol. The van der Waals surface area contributed by atoms with Gasteiger partial charge in [0.15, 0.2) is 0 Å². The van der Waals surface area contributed by atoms with E-state index in [1.54, 1.807) is 32.9 Å². The number of nitro groups is 1. The van der Waals surface area contributed by atoms with Crippen molar-refractivity contribution in [2.75, 3.05) is 7.11 Å². The second kappa shape index (κ2) is 7.21. The van der Waals surface area contributed by atoms with Crippen LogP contribution in [0.3, 0.4) is 0 Å². The van der Waals surface area contributed by atoms with Crippen LogP contribution in [0.2, 0.25) is 0 Å². The van der Waals surface area contributed by atoms with E-state index >= 15 is 0 Å². The van der Waals surface area contributed by atoms with Crippen LogP contribution in [-0.4, -0.2) is 29.6 Å². The van der Waals surface area contributed by atoms with Crippen LogP contribution in [0.25, 0.3) is 0 Å². The van der Waals surface area contributed by atoms with Crippen LogP contribution < -0.4 is 0 Å². The molecule has 1 aliphatic rings. The molecule has 1 atom stereocenters. The normalized spacial score (nSPS) is 21.0. The molecule has 0 amide bonds. The summed E-state index contributed by atoms with van der Waals surface area (Å²) in [5.41, 5.74) is -0.201. The maximum Gasteiger partial charge on any atom is 0.314 e. The highest BCUT2D eigenvalue weighted by Gasteiger charge is 2.44. The Morgan fingerprint density at radius 3 is 2.44 bits per heavy atom. The molecule has 0 N–H and O–H groups in total. The van der Waals surface area contributed by atoms with Crippen molar-refractivity contribution in [2.24, 2.45) is 11.8 Å². The number of methoxy groups -OCH3 is 1. The molecule has 0 aliphatic heterocycles. The Hall–Kier alpha value is -2.44. The monoisotopic (exact) mass is 349 g/mol. The summed E-state index contributed by atoms with van der Waals surface area (Å²) in [6.07, 6.45) is 0.999. The minimum absolute atomic E-state index is 0.0742. The SMILES string of the molecule is COC(=O)C1CC(C(C(=O)OC(C)(C)C)c2cccc([N+](=O)[O-])c2)C1. The van der Waals surface area contributed by atoms with E-state index in [0.717, 1.165) is 0 Å². The van der Waals surface area contributed by atoms with Crippen LogP contribution in [0.15, 0.2) is 24.3 Å². The maximum atomic E-state index is 12.7. The lowest BCUT2D eigenvalue weighted by Gasteiger charge is -2.38. The predicted molar refractivity (Wildman–Crippen MR) is 89.9 cm³/mol. The Bertz CT molecular complexity index is 672. The predicted octanol–water partition coefficient (Wildman–Crippen LogP) is 3.22. The van der Waals surface area contributed by atoms with Gasteiger partial charge in [-0.3, -0.25) is 19.7 Å². The van der Waals surface area contributed by atoms with E-state index in [1.807, 2.05) is 0 Å². The van der Waals surface area contributed by atoms with Crippen LogP contribution in [0.5, 0.6) is 0 Å². The molecule has 1 aliphatic carbocycles. The van der Waals surface area contributed by atoms with Gasteiger partial charge >= 0.3 is 11.9 Å². The average Bonchev–Trinajstić information content (AvgIpc) is 2.47. The molecule has 0 spiro atoms. The Kier molecular flexibility index (Phi) is 5.45.